The van der Waals surface area contributed by atoms with E-state index in [-0.39, 0.29) is 11.6 Å². The highest BCUT2D eigenvalue weighted by molar-refractivity contribution is 8.00. The number of thioether (sulfide) groups is 1. The predicted octanol–water partition coefficient (Wildman–Crippen LogP) is 3.54. The smallest absolute Gasteiger partial charge is 0.323 e. The number of nitrogens with zero attached hydrogens (tertiary/aromatic N) is 4. The first kappa shape index (κ1) is 22.4. The summed E-state index contributed by atoms with van der Waals surface area (Å²) in [6.45, 7) is 4.72. The van der Waals surface area contributed by atoms with Crippen molar-refractivity contribution in [1.29, 1.82) is 0 Å². The quantitative estimate of drug-likeness (QED) is 0.351. The Morgan fingerprint density at radius 2 is 1.82 bits per heavy atom. The van der Waals surface area contributed by atoms with Crippen LogP contribution < -0.4 is 11.0 Å². The molecule has 1 atom stereocenters. The van der Waals surface area contributed by atoms with Crippen LogP contribution in [0.1, 0.15) is 32.0 Å². The molecule has 3 heterocycles. The van der Waals surface area contributed by atoms with E-state index in [1.54, 1.807) is 18.2 Å². The Bertz CT molecular complexity index is 1340. The molecule has 0 aliphatic carbocycles. The van der Waals surface area contributed by atoms with Crippen LogP contribution in [0.15, 0.2) is 58.5 Å². The zero-order valence-corrected chi connectivity index (χ0v) is 19.8. The molecule has 3 N–H and O–H groups in total. The van der Waals surface area contributed by atoms with Crippen molar-refractivity contribution < 1.29 is 4.79 Å². The van der Waals surface area contributed by atoms with Crippen molar-refractivity contribution in [3.05, 3.63) is 64.8 Å². The molecule has 34 heavy (non-hydrogen) atoms. The van der Waals surface area contributed by atoms with Crippen LogP contribution in [0, 0.1) is 0 Å². The first-order valence-electron chi connectivity index (χ1n) is 11.5. The number of likely N-dealkylation sites (tertiary alicyclic amines) is 1. The van der Waals surface area contributed by atoms with E-state index in [2.05, 4.69) is 34.9 Å². The molecule has 176 valence electrons. The van der Waals surface area contributed by atoms with Gasteiger partial charge in [-0.15, -0.1) is 10.2 Å². The van der Waals surface area contributed by atoms with Crippen molar-refractivity contribution in [2.75, 3.05) is 18.4 Å². The first-order chi connectivity index (χ1) is 16.6. The molecule has 2 aromatic heterocycles. The average Bonchev–Trinajstić information content (AvgIpc) is 3.41. The normalized spacial score (nSPS) is 15.4. The lowest BCUT2D eigenvalue weighted by Crippen LogP contribution is -2.30. The Morgan fingerprint density at radius 3 is 2.62 bits per heavy atom. The van der Waals surface area contributed by atoms with E-state index < -0.39 is 5.25 Å². The lowest BCUT2D eigenvalue weighted by atomic mass is 10.1. The van der Waals surface area contributed by atoms with Crippen LogP contribution in [0.25, 0.3) is 16.7 Å². The van der Waals surface area contributed by atoms with Gasteiger partial charge in [0.15, 0.2) is 11.0 Å². The summed E-state index contributed by atoms with van der Waals surface area (Å²) in [7, 11) is 0. The van der Waals surface area contributed by atoms with Crippen molar-refractivity contribution >= 4 is 34.4 Å². The van der Waals surface area contributed by atoms with E-state index in [4.69, 9.17) is 0 Å². The van der Waals surface area contributed by atoms with Gasteiger partial charge in [0.05, 0.1) is 22.8 Å². The monoisotopic (exact) mass is 477 g/mol. The number of anilines is 1. The third-order valence-electron chi connectivity index (χ3n) is 5.96. The third kappa shape index (κ3) is 4.92. The van der Waals surface area contributed by atoms with Crippen LogP contribution in [0.5, 0.6) is 0 Å². The van der Waals surface area contributed by atoms with Gasteiger partial charge in [-0.25, -0.2) is 4.79 Å². The fraction of sp³-hybridized carbons (Fsp3) is 0.333. The maximum Gasteiger partial charge on any atom is 0.323 e. The van der Waals surface area contributed by atoms with Crippen LogP contribution >= 0.6 is 11.8 Å². The zero-order valence-electron chi connectivity index (χ0n) is 19.0. The Kier molecular flexibility index (Phi) is 6.50. The topological polar surface area (TPSA) is 112 Å². The van der Waals surface area contributed by atoms with Crippen LogP contribution in [0.2, 0.25) is 0 Å². The van der Waals surface area contributed by atoms with E-state index in [9.17, 15) is 9.59 Å². The van der Waals surface area contributed by atoms with Crippen molar-refractivity contribution in [2.24, 2.45) is 0 Å². The van der Waals surface area contributed by atoms with E-state index in [0.717, 1.165) is 31.1 Å². The SMILES string of the molecule is C[C@@H](Sc1nnc(CN2CCCCC2)n1-c1ccccc1)C(=O)Nc1ccc2[nH]c(=O)[nH]c2c1. The first-order valence-corrected chi connectivity index (χ1v) is 12.4. The Morgan fingerprint density at radius 1 is 1.06 bits per heavy atom. The van der Waals surface area contributed by atoms with Crippen LogP contribution in [-0.4, -0.2) is 53.9 Å². The minimum absolute atomic E-state index is 0.151. The van der Waals surface area contributed by atoms with Gasteiger partial charge in [-0.05, 0) is 63.2 Å². The molecular formula is C24H27N7O2S. The van der Waals surface area contributed by atoms with Gasteiger partial charge in [0.2, 0.25) is 5.91 Å². The van der Waals surface area contributed by atoms with Gasteiger partial charge in [0.25, 0.3) is 0 Å². The Labute approximate surface area is 201 Å². The molecule has 0 bridgehead atoms. The number of aromatic nitrogens is 5. The molecule has 1 aliphatic rings. The maximum atomic E-state index is 13.0. The molecular weight excluding hydrogens is 450 g/mol. The standard InChI is InChI=1S/C24H27N7O2S/c1-16(22(32)25-17-10-11-19-20(14-17)27-23(33)26-19)34-24-29-28-21(15-30-12-6-3-7-13-30)31(24)18-8-4-2-5-9-18/h2,4-5,8-11,14,16H,3,6-7,12-13,15H2,1H3,(H,25,32)(H2,26,27,33)/t16-/m1/s1. The number of hydrogen-bond donors (Lipinski definition) is 3. The summed E-state index contributed by atoms with van der Waals surface area (Å²) in [5, 5.41) is 12.2. The molecule has 10 heteroatoms. The number of aromatic amines is 2. The van der Waals surface area contributed by atoms with E-state index in [1.807, 2.05) is 37.3 Å². The largest absolute Gasteiger partial charge is 0.325 e. The van der Waals surface area contributed by atoms with Gasteiger partial charge in [-0.2, -0.15) is 0 Å². The summed E-state index contributed by atoms with van der Waals surface area (Å²) in [6, 6.07) is 15.3. The Hall–Kier alpha value is -3.37. The fourth-order valence-corrected chi connectivity index (χ4v) is 5.09. The number of amides is 1. The van der Waals surface area contributed by atoms with E-state index >= 15 is 0 Å². The number of carbonyl (C=O) groups excluding carboxylic acids is 1. The molecule has 0 saturated carbocycles. The second-order valence-electron chi connectivity index (χ2n) is 8.50. The average molecular weight is 478 g/mol. The number of rotatable bonds is 7. The molecule has 1 amide bonds. The fourth-order valence-electron chi connectivity index (χ4n) is 4.20. The molecule has 1 aliphatic heterocycles. The van der Waals surface area contributed by atoms with Crippen molar-refractivity contribution in [3.8, 4) is 5.69 Å². The number of benzene rings is 2. The highest BCUT2D eigenvalue weighted by atomic mass is 32.2. The van der Waals surface area contributed by atoms with E-state index in [0.29, 0.717) is 21.9 Å². The lowest BCUT2D eigenvalue weighted by Gasteiger charge is -2.26. The van der Waals surface area contributed by atoms with Crippen LogP contribution in [-0.2, 0) is 11.3 Å². The number of nitrogens with one attached hydrogen (secondary N) is 3. The maximum absolute atomic E-state index is 13.0. The van der Waals surface area contributed by atoms with Crippen molar-refractivity contribution in [3.63, 3.8) is 0 Å². The third-order valence-corrected chi connectivity index (χ3v) is 7.01. The van der Waals surface area contributed by atoms with Crippen LogP contribution in [0.3, 0.4) is 0 Å². The number of H-pyrrole nitrogens is 2. The molecule has 4 aromatic rings. The molecule has 5 rings (SSSR count). The summed E-state index contributed by atoms with van der Waals surface area (Å²) in [6.07, 6.45) is 3.70. The molecule has 1 saturated heterocycles. The van der Waals surface area contributed by atoms with Gasteiger partial charge in [-0.1, -0.05) is 36.4 Å². The van der Waals surface area contributed by atoms with Gasteiger partial charge in [0, 0.05) is 11.4 Å². The number of carbonyl (C=O) groups is 1. The summed E-state index contributed by atoms with van der Waals surface area (Å²) in [4.78, 5) is 32.3. The molecule has 0 radical (unpaired) electrons. The summed E-state index contributed by atoms with van der Waals surface area (Å²) >= 11 is 1.38. The number of fused-ring (bicyclic) bond motifs is 1. The van der Waals surface area contributed by atoms with Crippen LogP contribution in [0.4, 0.5) is 5.69 Å². The van der Waals surface area contributed by atoms with Gasteiger partial charge in [-0.3, -0.25) is 14.3 Å². The summed E-state index contributed by atoms with van der Waals surface area (Å²) in [5.74, 6) is 0.729. The number of imidazole rings is 1. The predicted molar refractivity (Wildman–Crippen MR) is 133 cm³/mol. The highest BCUT2D eigenvalue weighted by Crippen LogP contribution is 2.27. The molecule has 0 unspecified atom stereocenters. The summed E-state index contributed by atoms with van der Waals surface area (Å²) < 4.78 is 2.06. The summed E-state index contributed by atoms with van der Waals surface area (Å²) in [5.41, 5.74) is 2.67. The minimum Gasteiger partial charge on any atom is -0.325 e. The number of piperidine rings is 1. The van der Waals surface area contributed by atoms with Crippen molar-refractivity contribution in [2.45, 2.75) is 43.1 Å². The second-order valence-corrected chi connectivity index (χ2v) is 9.80. The lowest BCUT2D eigenvalue weighted by molar-refractivity contribution is -0.115. The highest BCUT2D eigenvalue weighted by Gasteiger charge is 2.23. The van der Waals surface area contributed by atoms with E-state index in [1.165, 1.54) is 31.0 Å². The molecule has 0 spiro atoms. The van der Waals surface area contributed by atoms with Crippen molar-refractivity contribution in [1.82, 2.24) is 29.6 Å². The van der Waals surface area contributed by atoms with Gasteiger partial charge < -0.3 is 15.3 Å². The number of para-hydroxylation sites is 1. The zero-order chi connectivity index (χ0) is 23.5. The second kappa shape index (κ2) is 9.86. The molecule has 1 fully saturated rings. The van der Waals surface area contributed by atoms with Gasteiger partial charge in [0.1, 0.15) is 0 Å². The molecule has 2 aromatic carbocycles. The number of hydrogen-bond acceptors (Lipinski definition) is 6. The molecule has 9 nitrogen and oxygen atoms in total. The minimum atomic E-state index is -0.407. The Balaban J connectivity index is 1.34. The van der Waals surface area contributed by atoms with Gasteiger partial charge >= 0.3 is 5.69 Å².